The number of para-hydroxylation sites is 1. The molecule has 0 fully saturated rings. The van der Waals surface area contributed by atoms with E-state index in [4.69, 9.17) is 0 Å². The van der Waals surface area contributed by atoms with Gasteiger partial charge in [0.15, 0.2) is 0 Å². The fourth-order valence-corrected chi connectivity index (χ4v) is 2.34. The third-order valence-electron chi connectivity index (χ3n) is 3.56. The lowest BCUT2D eigenvalue weighted by Crippen LogP contribution is -2.17. The second kappa shape index (κ2) is 7.40. The topological polar surface area (TPSA) is 71.1 Å². The summed E-state index contributed by atoms with van der Waals surface area (Å²) in [6.07, 6.45) is 1.45. The zero-order chi connectivity index (χ0) is 17.6. The summed E-state index contributed by atoms with van der Waals surface area (Å²) in [5.41, 5.74) is 2.97. The normalized spacial score (nSPS) is 10.1. The summed E-state index contributed by atoms with van der Waals surface area (Å²) in [5, 5.41) is 5.56. The van der Waals surface area contributed by atoms with Crippen molar-refractivity contribution < 1.29 is 9.59 Å². The molecule has 0 unspecified atom stereocenters. The molecule has 2 aromatic carbocycles. The molecular formula is C20H17N3O2. The standard InChI is InChI=1S/C20H17N3O2/c1-14-6-5-9-17(12-14)23-20(25)18-13-15(10-11-21-18)19(24)22-16-7-3-2-4-8-16/h2-13H,1H3,(H,22,24)(H,23,25). The first kappa shape index (κ1) is 16.4. The van der Waals surface area contributed by atoms with Gasteiger partial charge in [0, 0.05) is 23.1 Å². The maximum atomic E-state index is 12.4. The van der Waals surface area contributed by atoms with Crippen LogP contribution in [0.1, 0.15) is 26.4 Å². The SMILES string of the molecule is Cc1cccc(NC(=O)c2cc(C(=O)Nc3ccccc3)ccn2)c1. The lowest BCUT2D eigenvalue weighted by molar-refractivity contribution is 0.102. The van der Waals surface area contributed by atoms with Crippen molar-refractivity contribution in [3.63, 3.8) is 0 Å². The molecule has 0 aliphatic carbocycles. The number of rotatable bonds is 4. The van der Waals surface area contributed by atoms with E-state index in [9.17, 15) is 9.59 Å². The monoisotopic (exact) mass is 331 g/mol. The quantitative estimate of drug-likeness (QED) is 0.762. The van der Waals surface area contributed by atoms with Crippen LogP contribution in [0, 0.1) is 6.92 Å². The Hall–Kier alpha value is -3.47. The molecule has 0 aliphatic heterocycles. The minimum atomic E-state index is -0.361. The number of hydrogen-bond donors (Lipinski definition) is 2. The van der Waals surface area contributed by atoms with Crippen molar-refractivity contribution in [3.8, 4) is 0 Å². The highest BCUT2D eigenvalue weighted by atomic mass is 16.2. The number of nitrogens with zero attached hydrogens (tertiary/aromatic N) is 1. The molecule has 2 amide bonds. The van der Waals surface area contributed by atoms with Gasteiger partial charge in [-0.2, -0.15) is 0 Å². The van der Waals surface area contributed by atoms with Crippen molar-refractivity contribution in [2.24, 2.45) is 0 Å². The van der Waals surface area contributed by atoms with E-state index in [1.165, 1.54) is 12.3 Å². The molecule has 0 aliphatic rings. The molecule has 0 saturated heterocycles. The number of aryl methyl sites for hydroxylation is 1. The Bertz CT molecular complexity index is 908. The Balaban J connectivity index is 1.74. The number of carbonyl (C=O) groups is 2. The van der Waals surface area contributed by atoms with E-state index in [-0.39, 0.29) is 17.5 Å². The van der Waals surface area contributed by atoms with Crippen LogP contribution >= 0.6 is 0 Å². The molecule has 3 aromatic rings. The summed E-state index contributed by atoms with van der Waals surface area (Å²) in [5.74, 6) is -0.654. The van der Waals surface area contributed by atoms with E-state index >= 15 is 0 Å². The first-order chi connectivity index (χ1) is 12.1. The average Bonchev–Trinajstić information content (AvgIpc) is 2.62. The zero-order valence-electron chi connectivity index (χ0n) is 13.7. The molecular weight excluding hydrogens is 314 g/mol. The van der Waals surface area contributed by atoms with Gasteiger partial charge in [-0.1, -0.05) is 30.3 Å². The van der Waals surface area contributed by atoms with Gasteiger partial charge in [-0.15, -0.1) is 0 Å². The summed E-state index contributed by atoms with van der Waals surface area (Å²) in [6.45, 7) is 1.95. The Morgan fingerprint density at radius 3 is 2.28 bits per heavy atom. The summed E-state index contributed by atoms with van der Waals surface area (Å²) < 4.78 is 0. The molecule has 5 nitrogen and oxygen atoms in total. The highest BCUT2D eigenvalue weighted by Gasteiger charge is 2.12. The van der Waals surface area contributed by atoms with Gasteiger partial charge in [0.1, 0.15) is 5.69 Å². The fraction of sp³-hybridized carbons (Fsp3) is 0.0500. The lowest BCUT2D eigenvalue weighted by Gasteiger charge is -2.08. The fourth-order valence-electron chi connectivity index (χ4n) is 2.34. The summed E-state index contributed by atoms with van der Waals surface area (Å²) in [4.78, 5) is 28.7. The molecule has 3 rings (SSSR count). The van der Waals surface area contributed by atoms with Crippen molar-refractivity contribution in [2.75, 3.05) is 10.6 Å². The maximum absolute atomic E-state index is 12.4. The number of hydrogen-bond acceptors (Lipinski definition) is 3. The van der Waals surface area contributed by atoms with E-state index in [0.717, 1.165) is 5.56 Å². The maximum Gasteiger partial charge on any atom is 0.274 e. The van der Waals surface area contributed by atoms with Gasteiger partial charge in [-0.05, 0) is 48.9 Å². The highest BCUT2D eigenvalue weighted by molar-refractivity contribution is 6.07. The molecule has 0 radical (unpaired) electrons. The molecule has 124 valence electrons. The zero-order valence-corrected chi connectivity index (χ0v) is 13.7. The van der Waals surface area contributed by atoms with Crippen LogP contribution in [-0.4, -0.2) is 16.8 Å². The molecule has 0 atom stereocenters. The second-order valence-electron chi connectivity index (χ2n) is 5.57. The third-order valence-corrected chi connectivity index (χ3v) is 3.56. The molecule has 25 heavy (non-hydrogen) atoms. The molecule has 5 heteroatoms. The van der Waals surface area contributed by atoms with Crippen LogP contribution in [0.5, 0.6) is 0 Å². The number of amides is 2. The van der Waals surface area contributed by atoms with Crippen LogP contribution < -0.4 is 10.6 Å². The first-order valence-electron chi connectivity index (χ1n) is 7.82. The van der Waals surface area contributed by atoms with Crippen molar-refractivity contribution in [3.05, 3.63) is 89.7 Å². The summed E-state index contributed by atoms with van der Waals surface area (Å²) in [6, 6.07) is 19.7. The minimum absolute atomic E-state index is 0.183. The minimum Gasteiger partial charge on any atom is -0.322 e. The predicted molar refractivity (Wildman–Crippen MR) is 97.8 cm³/mol. The van der Waals surface area contributed by atoms with Crippen LogP contribution in [0.2, 0.25) is 0 Å². The van der Waals surface area contributed by atoms with Crippen molar-refractivity contribution in [1.29, 1.82) is 0 Å². The largest absolute Gasteiger partial charge is 0.322 e. The smallest absolute Gasteiger partial charge is 0.274 e. The Morgan fingerprint density at radius 1 is 0.800 bits per heavy atom. The van der Waals surface area contributed by atoms with Gasteiger partial charge < -0.3 is 10.6 Å². The van der Waals surface area contributed by atoms with Crippen LogP contribution in [-0.2, 0) is 0 Å². The van der Waals surface area contributed by atoms with E-state index in [1.54, 1.807) is 24.3 Å². The lowest BCUT2D eigenvalue weighted by atomic mass is 10.2. The van der Waals surface area contributed by atoms with Gasteiger partial charge in [0.2, 0.25) is 0 Å². The van der Waals surface area contributed by atoms with Crippen molar-refractivity contribution >= 4 is 23.2 Å². The van der Waals surface area contributed by atoms with Gasteiger partial charge in [-0.3, -0.25) is 14.6 Å². The Labute approximate surface area is 145 Å². The first-order valence-corrected chi connectivity index (χ1v) is 7.82. The molecule has 0 saturated carbocycles. The highest BCUT2D eigenvalue weighted by Crippen LogP contribution is 2.13. The number of pyridine rings is 1. The van der Waals surface area contributed by atoms with Gasteiger partial charge in [0.25, 0.3) is 11.8 Å². The van der Waals surface area contributed by atoms with E-state index in [1.807, 2.05) is 43.3 Å². The van der Waals surface area contributed by atoms with Crippen LogP contribution in [0.15, 0.2) is 72.9 Å². The summed E-state index contributed by atoms with van der Waals surface area (Å²) in [7, 11) is 0. The van der Waals surface area contributed by atoms with Crippen LogP contribution in [0.25, 0.3) is 0 Å². The van der Waals surface area contributed by atoms with Crippen LogP contribution in [0.4, 0.5) is 11.4 Å². The van der Waals surface area contributed by atoms with Gasteiger partial charge >= 0.3 is 0 Å². The average molecular weight is 331 g/mol. The molecule has 1 aromatic heterocycles. The van der Waals surface area contributed by atoms with E-state index < -0.39 is 0 Å². The van der Waals surface area contributed by atoms with Crippen LogP contribution in [0.3, 0.4) is 0 Å². The Kier molecular flexibility index (Phi) is 4.85. The number of carbonyl (C=O) groups excluding carboxylic acids is 2. The molecule has 2 N–H and O–H groups in total. The molecule has 1 heterocycles. The molecule has 0 spiro atoms. The van der Waals surface area contributed by atoms with Gasteiger partial charge in [-0.25, -0.2) is 0 Å². The Morgan fingerprint density at radius 2 is 1.52 bits per heavy atom. The second-order valence-corrected chi connectivity index (χ2v) is 5.57. The van der Waals surface area contributed by atoms with E-state index in [0.29, 0.717) is 16.9 Å². The van der Waals surface area contributed by atoms with Crippen molar-refractivity contribution in [2.45, 2.75) is 6.92 Å². The van der Waals surface area contributed by atoms with Gasteiger partial charge in [0.05, 0.1) is 0 Å². The number of anilines is 2. The predicted octanol–water partition coefficient (Wildman–Crippen LogP) is 3.89. The molecule has 0 bridgehead atoms. The third kappa shape index (κ3) is 4.29. The number of benzene rings is 2. The van der Waals surface area contributed by atoms with E-state index in [2.05, 4.69) is 15.6 Å². The van der Waals surface area contributed by atoms with Crippen molar-refractivity contribution in [1.82, 2.24) is 4.98 Å². The number of aromatic nitrogens is 1. The summed E-state index contributed by atoms with van der Waals surface area (Å²) >= 11 is 0. The number of nitrogens with one attached hydrogen (secondary N) is 2.